The number of carbonyl (C=O) groups is 1. The van der Waals surface area contributed by atoms with Gasteiger partial charge < -0.3 is 15.2 Å². The standard InChI is InChI=1S/C12H17BrN2O3/c1-12(2,11(16)17-3)7-18-9-6-8(13)4-5-15-10(9)14/h4,6H,5,7H2,1-3H3,(H2,14,15). The van der Waals surface area contributed by atoms with Crippen LogP contribution in [0.5, 0.6) is 0 Å². The van der Waals surface area contributed by atoms with Gasteiger partial charge in [0.15, 0.2) is 11.6 Å². The Balaban J connectivity index is 2.73. The molecular formula is C12H17BrN2O3. The van der Waals surface area contributed by atoms with Gasteiger partial charge in [0.1, 0.15) is 6.61 Å². The fourth-order valence-electron chi connectivity index (χ4n) is 1.28. The second kappa shape index (κ2) is 6.04. The average Bonchev–Trinajstić information content (AvgIpc) is 2.47. The number of halogens is 1. The minimum Gasteiger partial charge on any atom is -0.489 e. The van der Waals surface area contributed by atoms with Crippen LogP contribution in [-0.4, -0.2) is 32.1 Å². The number of allylic oxidation sites excluding steroid dienone is 2. The van der Waals surface area contributed by atoms with Crippen molar-refractivity contribution in [3.8, 4) is 0 Å². The molecule has 0 fully saturated rings. The maximum Gasteiger partial charge on any atom is 0.314 e. The maximum absolute atomic E-state index is 11.5. The quantitative estimate of drug-likeness (QED) is 0.802. The van der Waals surface area contributed by atoms with Crippen molar-refractivity contribution in [2.75, 3.05) is 20.3 Å². The van der Waals surface area contributed by atoms with Crippen molar-refractivity contribution < 1.29 is 14.3 Å². The van der Waals surface area contributed by atoms with Crippen molar-refractivity contribution in [2.24, 2.45) is 16.1 Å². The summed E-state index contributed by atoms with van der Waals surface area (Å²) < 4.78 is 11.1. The summed E-state index contributed by atoms with van der Waals surface area (Å²) in [5.41, 5.74) is 5.03. The largest absolute Gasteiger partial charge is 0.489 e. The van der Waals surface area contributed by atoms with Crippen molar-refractivity contribution in [2.45, 2.75) is 13.8 Å². The molecule has 0 saturated heterocycles. The van der Waals surface area contributed by atoms with Crippen LogP contribution in [0.3, 0.4) is 0 Å². The third-order valence-corrected chi connectivity index (χ3v) is 2.95. The molecule has 0 aromatic rings. The number of amidine groups is 1. The van der Waals surface area contributed by atoms with Crippen LogP contribution in [0.1, 0.15) is 13.8 Å². The van der Waals surface area contributed by atoms with Gasteiger partial charge in [-0.3, -0.25) is 9.79 Å². The highest BCUT2D eigenvalue weighted by molar-refractivity contribution is 9.11. The van der Waals surface area contributed by atoms with Crippen molar-refractivity contribution in [3.63, 3.8) is 0 Å². The number of esters is 1. The van der Waals surface area contributed by atoms with E-state index in [9.17, 15) is 4.79 Å². The molecule has 0 bridgehead atoms. The number of hydrogen-bond acceptors (Lipinski definition) is 5. The number of hydrogen-bond donors (Lipinski definition) is 1. The number of carbonyl (C=O) groups excluding carboxylic acids is 1. The SMILES string of the molecule is COC(=O)C(C)(C)COC1=CC(Br)=CCN=C1N. The van der Waals surface area contributed by atoms with Crippen molar-refractivity contribution >= 4 is 27.7 Å². The molecule has 6 heteroatoms. The van der Waals surface area contributed by atoms with Crippen LogP contribution < -0.4 is 5.73 Å². The zero-order chi connectivity index (χ0) is 13.8. The zero-order valence-electron chi connectivity index (χ0n) is 10.7. The lowest BCUT2D eigenvalue weighted by atomic mass is 9.95. The number of ether oxygens (including phenoxy) is 2. The van der Waals surface area contributed by atoms with Crippen LogP contribution in [0.2, 0.25) is 0 Å². The second-order valence-electron chi connectivity index (χ2n) is 4.49. The summed E-state index contributed by atoms with van der Waals surface area (Å²) in [6.07, 6.45) is 3.61. The lowest BCUT2D eigenvalue weighted by Gasteiger charge is -2.22. The van der Waals surface area contributed by atoms with E-state index in [1.54, 1.807) is 19.9 Å². The Hall–Kier alpha value is -1.30. The number of rotatable bonds is 4. The molecule has 0 aromatic heterocycles. The van der Waals surface area contributed by atoms with Gasteiger partial charge in [0, 0.05) is 4.48 Å². The number of aliphatic imine (C=N–C) groups is 1. The van der Waals surface area contributed by atoms with Crippen LogP contribution >= 0.6 is 15.9 Å². The molecule has 1 aliphatic heterocycles. The molecule has 0 unspecified atom stereocenters. The van der Waals surface area contributed by atoms with Crippen molar-refractivity contribution in [1.29, 1.82) is 0 Å². The van der Waals surface area contributed by atoms with E-state index in [1.165, 1.54) is 7.11 Å². The molecular weight excluding hydrogens is 300 g/mol. The average molecular weight is 317 g/mol. The summed E-state index contributed by atoms with van der Waals surface area (Å²) in [5.74, 6) is 0.441. The Kier molecular flexibility index (Phi) is 4.95. The molecule has 0 atom stereocenters. The fourth-order valence-corrected chi connectivity index (χ4v) is 1.63. The Morgan fingerprint density at radius 1 is 1.61 bits per heavy atom. The van der Waals surface area contributed by atoms with Gasteiger partial charge in [0.2, 0.25) is 0 Å². The fraction of sp³-hybridized carbons (Fsp3) is 0.500. The minimum absolute atomic E-state index is 0.169. The molecule has 100 valence electrons. The monoisotopic (exact) mass is 316 g/mol. The summed E-state index contributed by atoms with van der Waals surface area (Å²) in [4.78, 5) is 15.6. The van der Waals surface area contributed by atoms with Gasteiger partial charge >= 0.3 is 5.97 Å². The first-order chi connectivity index (χ1) is 8.36. The topological polar surface area (TPSA) is 73.9 Å². The van der Waals surface area contributed by atoms with E-state index in [2.05, 4.69) is 20.9 Å². The predicted octanol–water partition coefficient (Wildman–Crippen LogP) is 1.74. The molecule has 1 heterocycles. The molecule has 0 amide bonds. The van der Waals surface area contributed by atoms with Crippen LogP contribution in [0, 0.1) is 5.41 Å². The lowest BCUT2D eigenvalue weighted by Crippen LogP contribution is -2.32. The highest BCUT2D eigenvalue weighted by Gasteiger charge is 2.30. The first-order valence-electron chi connectivity index (χ1n) is 5.45. The summed E-state index contributed by atoms with van der Waals surface area (Å²) in [5, 5.41) is 0. The van der Waals surface area contributed by atoms with E-state index in [1.807, 2.05) is 6.08 Å². The minimum atomic E-state index is -0.738. The van der Waals surface area contributed by atoms with Gasteiger partial charge in [0.25, 0.3) is 0 Å². The Bertz CT molecular complexity index is 425. The molecule has 1 rings (SSSR count). The highest BCUT2D eigenvalue weighted by Crippen LogP contribution is 2.21. The summed E-state index contributed by atoms with van der Waals surface area (Å²) >= 11 is 3.35. The third-order valence-electron chi connectivity index (χ3n) is 2.40. The molecule has 1 aliphatic rings. The Morgan fingerprint density at radius 3 is 2.89 bits per heavy atom. The van der Waals surface area contributed by atoms with Gasteiger partial charge in [0.05, 0.1) is 19.1 Å². The molecule has 18 heavy (non-hydrogen) atoms. The Labute approximate surface area is 115 Å². The maximum atomic E-state index is 11.5. The predicted molar refractivity (Wildman–Crippen MR) is 73.3 cm³/mol. The smallest absolute Gasteiger partial charge is 0.314 e. The molecule has 0 aromatic carbocycles. The summed E-state index contributed by atoms with van der Waals surface area (Å²) in [6.45, 7) is 4.15. The van der Waals surface area contributed by atoms with Crippen LogP contribution in [0.25, 0.3) is 0 Å². The highest BCUT2D eigenvalue weighted by atomic mass is 79.9. The second-order valence-corrected chi connectivity index (χ2v) is 5.40. The van der Waals surface area contributed by atoms with E-state index in [-0.39, 0.29) is 12.6 Å². The molecule has 0 aliphatic carbocycles. The molecule has 2 N–H and O–H groups in total. The van der Waals surface area contributed by atoms with Gasteiger partial charge in [-0.2, -0.15) is 0 Å². The van der Waals surface area contributed by atoms with E-state index in [4.69, 9.17) is 15.2 Å². The summed E-state index contributed by atoms with van der Waals surface area (Å²) in [7, 11) is 1.35. The third kappa shape index (κ3) is 3.87. The molecule has 0 spiro atoms. The van der Waals surface area contributed by atoms with Crippen LogP contribution in [0.4, 0.5) is 0 Å². The van der Waals surface area contributed by atoms with E-state index in [0.717, 1.165) is 4.48 Å². The van der Waals surface area contributed by atoms with Crippen LogP contribution in [0.15, 0.2) is 27.4 Å². The molecule has 0 saturated carbocycles. The first kappa shape index (κ1) is 14.8. The van der Waals surface area contributed by atoms with Gasteiger partial charge in [-0.15, -0.1) is 0 Å². The van der Waals surface area contributed by atoms with Crippen LogP contribution in [-0.2, 0) is 14.3 Å². The summed E-state index contributed by atoms with van der Waals surface area (Å²) in [6, 6.07) is 0. The van der Waals surface area contributed by atoms with E-state index < -0.39 is 5.41 Å². The first-order valence-corrected chi connectivity index (χ1v) is 6.25. The number of nitrogens with zero attached hydrogens (tertiary/aromatic N) is 1. The zero-order valence-corrected chi connectivity index (χ0v) is 12.3. The Morgan fingerprint density at radius 2 is 2.28 bits per heavy atom. The number of nitrogens with two attached hydrogens (primary N) is 1. The van der Waals surface area contributed by atoms with Gasteiger partial charge in [-0.1, -0.05) is 15.9 Å². The van der Waals surface area contributed by atoms with E-state index in [0.29, 0.717) is 18.1 Å². The number of methoxy groups -OCH3 is 1. The van der Waals surface area contributed by atoms with Crippen molar-refractivity contribution in [3.05, 3.63) is 22.4 Å². The lowest BCUT2D eigenvalue weighted by molar-refractivity contribution is -0.153. The van der Waals surface area contributed by atoms with Gasteiger partial charge in [-0.25, -0.2) is 0 Å². The molecule has 0 radical (unpaired) electrons. The van der Waals surface area contributed by atoms with Gasteiger partial charge in [-0.05, 0) is 26.0 Å². The normalized spacial score (nSPS) is 16.1. The van der Waals surface area contributed by atoms with E-state index >= 15 is 0 Å². The van der Waals surface area contributed by atoms with Crippen molar-refractivity contribution in [1.82, 2.24) is 0 Å². The molecule has 5 nitrogen and oxygen atoms in total.